The lowest BCUT2D eigenvalue weighted by Gasteiger charge is -2.36. The number of nitrogens with zero attached hydrogens (tertiary/aromatic N) is 2. The summed E-state index contributed by atoms with van der Waals surface area (Å²) < 4.78 is 0. The van der Waals surface area contributed by atoms with Crippen molar-refractivity contribution in [1.29, 1.82) is 0 Å². The van der Waals surface area contributed by atoms with Crippen molar-refractivity contribution in [2.45, 2.75) is 38.1 Å². The Labute approximate surface area is 120 Å². The molecule has 1 atom stereocenters. The molecule has 0 radical (unpaired) electrons. The molecule has 2 fully saturated rings. The molecule has 6 nitrogen and oxygen atoms in total. The van der Waals surface area contributed by atoms with Crippen molar-refractivity contribution in [1.82, 2.24) is 15.1 Å². The van der Waals surface area contributed by atoms with Crippen LogP contribution in [0.25, 0.3) is 0 Å². The number of carboxylic acids is 1. The van der Waals surface area contributed by atoms with E-state index in [4.69, 9.17) is 0 Å². The Kier molecular flexibility index (Phi) is 4.99. The van der Waals surface area contributed by atoms with E-state index < -0.39 is 11.5 Å². The van der Waals surface area contributed by atoms with Crippen LogP contribution in [0.1, 0.15) is 32.6 Å². The number of carbonyl (C=O) groups is 2. The molecular formula is C14H25N3O3. The first-order valence-electron chi connectivity index (χ1n) is 7.57. The number of hydrogen-bond donors (Lipinski definition) is 2. The SMILES string of the molecule is CCCC1(C(=O)O)CCCN1C(=O)CN1CCNCC1. The fraction of sp³-hybridized carbons (Fsp3) is 0.857. The summed E-state index contributed by atoms with van der Waals surface area (Å²) in [6.45, 7) is 6.40. The number of carboxylic acid groups (broad SMARTS) is 1. The number of aliphatic carboxylic acids is 1. The Morgan fingerprint density at radius 3 is 2.55 bits per heavy atom. The third kappa shape index (κ3) is 2.96. The summed E-state index contributed by atoms with van der Waals surface area (Å²) in [7, 11) is 0. The van der Waals surface area contributed by atoms with Gasteiger partial charge in [-0.05, 0) is 19.3 Å². The van der Waals surface area contributed by atoms with Crippen LogP contribution in [-0.4, -0.2) is 71.6 Å². The lowest BCUT2D eigenvalue weighted by Crippen LogP contribution is -2.56. The van der Waals surface area contributed by atoms with E-state index in [1.165, 1.54) is 0 Å². The highest BCUT2D eigenvalue weighted by molar-refractivity contribution is 5.88. The predicted molar refractivity (Wildman–Crippen MR) is 75.5 cm³/mol. The molecule has 0 aromatic rings. The highest BCUT2D eigenvalue weighted by atomic mass is 16.4. The summed E-state index contributed by atoms with van der Waals surface area (Å²) in [6.07, 6.45) is 2.71. The summed E-state index contributed by atoms with van der Waals surface area (Å²) in [5.74, 6) is -0.870. The van der Waals surface area contributed by atoms with Gasteiger partial charge in [0, 0.05) is 32.7 Å². The lowest BCUT2D eigenvalue weighted by atomic mass is 9.90. The number of piperazine rings is 1. The molecule has 20 heavy (non-hydrogen) atoms. The van der Waals surface area contributed by atoms with Crippen LogP contribution in [0.2, 0.25) is 0 Å². The van der Waals surface area contributed by atoms with Crippen LogP contribution in [-0.2, 0) is 9.59 Å². The topological polar surface area (TPSA) is 72.9 Å². The molecule has 6 heteroatoms. The zero-order chi connectivity index (χ0) is 14.6. The van der Waals surface area contributed by atoms with Gasteiger partial charge < -0.3 is 15.3 Å². The van der Waals surface area contributed by atoms with Crippen LogP contribution in [0.4, 0.5) is 0 Å². The second-order valence-electron chi connectivity index (χ2n) is 5.76. The van der Waals surface area contributed by atoms with Crippen LogP contribution in [0, 0.1) is 0 Å². The largest absolute Gasteiger partial charge is 0.479 e. The summed E-state index contributed by atoms with van der Waals surface area (Å²) in [6, 6.07) is 0. The first kappa shape index (κ1) is 15.3. The molecule has 0 saturated carbocycles. The second-order valence-corrected chi connectivity index (χ2v) is 5.76. The van der Waals surface area contributed by atoms with Crippen molar-refractivity contribution in [3.8, 4) is 0 Å². The average Bonchev–Trinajstić information content (AvgIpc) is 2.85. The molecule has 0 spiro atoms. The molecule has 2 saturated heterocycles. The van der Waals surface area contributed by atoms with Gasteiger partial charge >= 0.3 is 5.97 Å². The number of hydrogen-bond acceptors (Lipinski definition) is 4. The molecular weight excluding hydrogens is 258 g/mol. The van der Waals surface area contributed by atoms with E-state index in [0.717, 1.165) is 39.0 Å². The Morgan fingerprint density at radius 1 is 1.25 bits per heavy atom. The quantitative estimate of drug-likeness (QED) is 0.751. The fourth-order valence-electron chi connectivity index (χ4n) is 3.39. The summed E-state index contributed by atoms with van der Waals surface area (Å²) in [4.78, 5) is 27.9. The van der Waals surface area contributed by atoms with Crippen LogP contribution in [0.5, 0.6) is 0 Å². The van der Waals surface area contributed by atoms with Gasteiger partial charge in [-0.25, -0.2) is 4.79 Å². The minimum Gasteiger partial charge on any atom is -0.479 e. The lowest BCUT2D eigenvalue weighted by molar-refractivity contribution is -0.157. The van der Waals surface area contributed by atoms with Crippen LogP contribution in [0.15, 0.2) is 0 Å². The van der Waals surface area contributed by atoms with Gasteiger partial charge in [-0.3, -0.25) is 9.69 Å². The minimum atomic E-state index is -0.958. The second kappa shape index (κ2) is 6.54. The summed E-state index contributed by atoms with van der Waals surface area (Å²) in [5.41, 5.74) is -0.958. The van der Waals surface area contributed by atoms with Crippen molar-refractivity contribution in [3.63, 3.8) is 0 Å². The molecule has 2 rings (SSSR count). The zero-order valence-corrected chi connectivity index (χ0v) is 12.2. The number of amides is 1. The van der Waals surface area contributed by atoms with Gasteiger partial charge in [-0.2, -0.15) is 0 Å². The Balaban J connectivity index is 2.04. The van der Waals surface area contributed by atoms with Gasteiger partial charge in [-0.15, -0.1) is 0 Å². The average molecular weight is 283 g/mol. The van der Waals surface area contributed by atoms with Crippen LogP contribution in [0.3, 0.4) is 0 Å². The smallest absolute Gasteiger partial charge is 0.329 e. The van der Waals surface area contributed by atoms with Gasteiger partial charge in [0.25, 0.3) is 0 Å². The third-order valence-corrected chi connectivity index (χ3v) is 4.42. The first-order valence-corrected chi connectivity index (χ1v) is 7.57. The van der Waals surface area contributed by atoms with Crippen molar-refractivity contribution in [2.75, 3.05) is 39.3 Å². The van der Waals surface area contributed by atoms with Crippen LogP contribution < -0.4 is 5.32 Å². The number of rotatable bonds is 5. The van der Waals surface area contributed by atoms with E-state index in [0.29, 0.717) is 25.9 Å². The van der Waals surface area contributed by atoms with Gasteiger partial charge in [-0.1, -0.05) is 13.3 Å². The van der Waals surface area contributed by atoms with E-state index in [1.54, 1.807) is 4.90 Å². The van der Waals surface area contributed by atoms with Crippen molar-refractivity contribution < 1.29 is 14.7 Å². The molecule has 2 N–H and O–H groups in total. The van der Waals surface area contributed by atoms with E-state index >= 15 is 0 Å². The van der Waals surface area contributed by atoms with Crippen molar-refractivity contribution >= 4 is 11.9 Å². The minimum absolute atomic E-state index is 0.0275. The molecule has 0 bridgehead atoms. The molecule has 114 valence electrons. The molecule has 2 aliphatic heterocycles. The van der Waals surface area contributed by atoms with E-state index in [9.17, 15) is 14.7 Å². The monoisotopic (exact) mass is 283 g/mol. The van der Waals surface area contributed by atoms with E-state index in [2.05, 4.69) is 10.2 Å². The molecule has 0 aromatic carbocycles. The molecule has 0 aliphatic carbocycles. The molecule has 2 aliphatic rings. The normalized spacial score (nSPS) is 27.8. The Morgan fingerprint density at radius 2 is 1.95 bits per heavy atom. The summed E-state index contributed by atoms with van der Waals surface area (Å²) in [5, 5.41) is 12.9. The standard InChI is InChI=1S/C14H25N3O3/c1-2-4-14(13(19)20)5-3-8-17(14)12(18)11-16-9-6-15-7-10-16/h15H,2-11H2,1H3,(H,19,20). The third-order valence-electron chi connectivity index (χ3n) is 4.42. The molecule has 1 amide bonds. The number of nitrogens with one attached hydrogen (secondary N) is 1. The Hall–Kier alpha value is -1.14. The van der Waals surface area contributed by atoms with Gasteiger partial charge in [0.15, 0.2) is 0 Å². The van der Waals surface area contributed by atoms with Gasteiger partial charge in [0.2, 0.25) is 5.91 Å². The molecule has 0 aromatic heterocycles. The van der Waals surface area contributed by atoms with Gasteiger partial charge in [0.05, 0.1) is 6.54 Å². The maximum atomic E-state index is 12.5. The van der Waals surface area contributed by atoms with Crippen molar-refractivity contribution in [3.05, 3.63) is 0 Å². The van der Waals surface area contributed by atoms with E-state index in [-0.39, 0.29) is 5.91 Å². The van der Waals surface area contributed by atoms with Gasteiger partial charge in [0.1, 0.15) is 5.54 Å². The van der Waals surface area contributed by atoms with E-state index in [1.807, 2.05) is 6.92 Å². The number of likely N-dealkylation sites (tertiary alicyclic amines) is 1. The molecule has 1 unspecified atom stereocenters. The van der Waals surface area contributed by atoms with Crippen molar-refractivity contribution in [2.24, 2.45) is 0 Å². The molecule has 2 heterocycles. The Bertz CT molecular complexity index is 369. The predicted octanol–water partition coefficient (Wildman–Crippen LogP) is 0.138. The number of carbonyl (C=O) groups excluding carboxylic acids is 1. The zero-order valence-electron chi connectivity index (χ0n) is 12.2. The summed E-state index contributed by atoms with van der Waals surface area (Å²) >= 11 is 0. The highest BCUT2D eigenvalue weighted by Gasteiger charge is 2.49. The highest BCUT2D eigenvalue weighted by Crippen LogP contribution is 2.34. The maximum Gasteiger partial charge on any atom is 0.329 e. The van der Waals surface area contributed by atoms with Crippen LogP contribution >= 0.6 is 0 Å². The first-order chi connectivity index (χ1) is 9.60. The maximum absolute atomic E-state index is 12.5. The fourth-order valence-corrected chi connectivity index (χ4v) is 3.39.